The number of hydrogen-bond acceptors (Lipinski definition) is 3. The predicted octanol–water partition coefficient (Wildman–Crippen LogP) is 11.6. The largest absolute Gasteiger partial charge is 0.359 e. The number of rotatable bonds is 3. The van der Waals surface area contributed by atoms with E-state index in [0.29, 0.717) is 0 Å². The van der Waals surface area contributed by atoms with Crippen LogP contribution >= 0.6 is 0 Å². The first-order valence-corrected chi connectivity index (χ1v) is 18.1. The van der Waals surface area contributed by atoms with Gasteiger partial charge in [0.2, 0.25) is 0 Å². The van der Waals surface area contributed by atoms with Gasteiger partial charge in [-0.3, -0.25) is 0 Å². The molecule has 7 aromatic carbocycles. The Kier molecular flexibility index (Phi) is 6.41. The van der Waals surface area contributed by atoms with Gasteiger partial charge in [0.05, 0.1) is 22.8 Å². The van der Waals surface area contributed by atoms with Crippen molar-refractivity contribution in [2.24, 2.45) is 4.99 Å². The summed E-state index contributed by atoms with van der Waals surface area (Å²) >= 11 is 0. The number of aromatic nitrogens is 1. The van der Waals surface area contributed by atoms with Crippen LogP contribution in [-0.4, -0.2) is 16.4 Å². The van der Waals surface area contributed by atoms with Crippen LogP contribution in [0, 0.1) is 0 Å². The first kappa shape index (κ1) is 29.1. The maximum absolute atomic E-state index is 5.53. The molecule has 0 radical (unpaired) electrons. The Hall–Kier alpha value is -6.65. The second-order valence-corrected chi connectivity index (χ2v) is 13.9. The van der Waals surface area contributed by atoms with Crippen LogP contribution in [0.4, 0.5) is 11.4 Å². The Labute approximate surface area is 302 Å². The molecule has 4 nitrogen and oxygen atoms in total. The van der Waals surface area contributed by atoms with Gasteiger partial charge in [0.25, 0.3) is 0 Å². The summed E-state index contributed by atoms with van der Waals surface area (Å²) < 4.78 is 2.40. The SMILES string of the molecule is C1=CC2c3cc(-c4cccc5c4c4ccccc4n5-c4ccccc4)ccc3N(C3=NC(c4ccccc4)Nc4c3ccc3ccccc43)C2C=C1. The number of para-hydroxylation sites is 2. The van der Waals surface area contributed by atoms with E-state index in [1.807, 2.05) is 0 Å². The lowest BCUT2D eigenvalue weighted by atomic mass is 9.89. The van der Waals surface area contributed by atoms with Crippen molar-refractivity contribution in [3.05, 3.63) is 199 Å². The maximum atomic E-state index is 5.53. The van der Waals surface area contributed by atoms with E-state index in [-0.39, 0.29) is 18.1 Å². The van der Waals surface area contributed by atoms with Crippen LogP contribution < -0.4 is 10.2 Å². The number of allylic oxidation sites excluding steroid dienone is 2. The van der Waals surface area contributed by atoms with E-state index in [1.165, 1.54) is 60.6 Å². The molecule has 0 saturated carbocycles. The van der Waals surface area contributed by atoms with E-state index in [9.17, 15) is 0 Å². The van der Waals surface area contributed by atoms with Crippen molar-refractivity contribution >= 4 is 49.8 Å². The van der Waals surface area contributed by atoms with Crippen LogP contribution in [0.5, 0.6) is 0 Å². The summed E-state index contributed by atoms with van der Waals surface area (Å²) in [4.78, 5) is 8.03. The second kappa shape index (κ2) is 11.4. The molecule has 52 heavy (non-hydrogen) atoms. The van der Waals surface area contributed by atoms with Crippen molar-refractivity contribution in [1.82, 2.24) is 4.57 Å². The van der Waals surface area contributed by atoms with Crippen molar-refractivity contribution in [3.8, 4) is 16.8 Å². The molecule has 0 bridgehead atoms. The van der Waals surface area contributed by atoms with E-state index in [0.717, 1.165) is 22.6 Å². The lowest BCUT2D eigenvalue weighted by Gasteiger charge is -2.35. The molecule has 1 N–H and O–H groups in total. The van der Waals surface area contributed by atoms with Crippen molar-refractivity contribution in [1.29, 1.82) is 0 Å². The van der Waals surface area contributed by atoms with Crippen molar-refractivity contribution in [2.45, 2.75) is 18.1 Å². The Morgan fingerprint density at radius 3 is 2.21 bits per heavy atom. The van der Waals surface area contributed by atoms with E-state index in [4.69, 9.17) is 4.99 Å². The number of fused-ring (bicyclic) bond motifs is 9. The van der Waals surface area contributed by atoms with Gasteiger partial charge in [-0.1, -0.05) is 140 Å². The predicted molar refractivity (Wildman–Crippen MR) is 217 cm³/mol. The minimum Gasteiger partial charge on any atom is -0.359 e. The lowest BCUT2D eigenvalue weighted by Crippen LogP contribution is -2.41. The monoisotopic (exact) mass is 666 g/mol. The molecule has 1 aliphatic carbocycles. The number of nitrogens with zero attached hydrogens (tertiary/aromatic N) is 3. The third-order valence-corrected chi connectivity index (χ3v) is 11.1. The van der Waals surface area contributed by atoms with Gasteiger partial charge in [-0.2, -0.15) is 0 Å². The molecule has 3 unspecified atom stereocenters. The van der Waals surface area contributed by atoms with Crippen LogP contribution in [0.25, 0.3) is 49.4 Å². The molecular formula is C48H34N4. The van der Waals surface area contributed by atoms with Gasteiger partial charge in [0.15, 0.2) is 0 Å². The minimum absolute atomic E-state index is 0.110. The van der Waals surface area contributed by atoms with E-state index < -0.39 is 0 Å². The summed E-state index contributed by atoms with van der Waals surface area (Å²) in [5.74, 6) is 1.20. The average molecular weight is 667 g/mol. The van der Waals surface area contributed by atoms with Crippen LogP contribution in [0.3, 0.4) is 0 Å². The fraction of sp³-hybridized carbons (Fsp3) is 0.0625. The van der Waals surface area contributed by atoms with Gasteiger partial charge in [-0.15, -0.1) is 0 Å². The molecule has 1 aromatic heterocycles. The summed E-state index contributed by atoms with van der Waals surface area (Å²) in [6.07, 6.45) is 8.90. The fourth-order valence-corrected chi connectivity index (χ4v) is 8.83. The zero-order valence-corrected chi connectivity index (χ0v) is 28.4. The molecule has 8 aromatic rings. The third-order valence-electron chi connectivity index (χ3n) is 11.1. The average Bonchev–Trinajstić information content (AvgIpc) is 3.74. The standard InChI is InChI=1S/C48H34N4/c1-3-15-32(16-4-1)47-49-46-36-19-8-7-14-31(36)26-28-39(46)48(50-47)52-41-23-11-9-20-37(41)40-30-33(27-29-43(40)52)35-22-13-25-44-45(35)38-21-10-12-24-42(38)51(44)34-17-5-2-6-18-34/h1-30,37,41,47,49H. The lowest BCUT2D eigenvalue weighted by molar-refractivity contribution is 0.743. The molecule has 0 spiro atoms. The zero-order valence-electron chi connectivity index (χ0n) is 28.4. The molecule has 0 saturated heterocycles. The van der Waals surface area contributed by atoms with Crippen LogP contribution in [0.1, 0.15) is 28.8 Å². The number of hydrogen-bond donors (Lipinski definition) is 1. The summed E-state index contributed by atoms with van der Waals surface area (Å²) in [7, 11) is 0. The maximum Gasteiger partial charge on any atom is 0.147 e. The molecule has 3 aliphatic rings. The molecule has 11 rings (SSSR count). The van der Waals surface area contributed by atoms with Gasteiger partial charge in [-0.05, 0) is 70.1 Å². The Balaban J connectivity index is 1.11. The van der Waals surface area contributed by atoms with Crippen LogP contribution in [0.15, 0.2) is 187 Å². The highest BCUT2D eigenvalue weighted by Gasteiger charge is 2.41. The molecule has 246 valence electrons. The molecule has 3 heterocycles. The molecule has 0 amide bonds. The third kappa shape index (κ3) is 4.31. The van der Waals surface area contributed by atoms with E-state index >= 15 is 0 Å². The highest BCUT2D eigenvalue weighted by molar-refractivity contribution is 6.20. The van der Waals surface area contributed by atoms with Gasteiger partial charge in [-0.25, -0.2) is 4.99 Å². The summed E-state index contributed by atoms with van der Waals surface area (Å²) in [6, 6.07) is 57.2. The van der Waals surface area contributed by atoms with Gasteiger partial charge in [0, 0.05) is 39.0 Å². The summed E-state index contributed by atoms with van der Waals surface area (Å²) in [6.45, 7) is 0. The number of nitrogens with one attached hydrogen (secondary N) is 1. The molecular weight excluding hydrogens is 633 g/mol. The second-order valence-electron chi connectivity index (χ2n) is 13.9. The normalized spacial score (nSPS) is 18.7. The van der Waals surface area contributed by atoms with E-state index in [2.05, 4.69) is 197 Å². The number of anilines is 2. The van der Waals surface area contributed by atoms with Crippen LogP contribution in [0.2, 0.25) is 0 Å². The van der Waals surface area contributed by atoms with E-state index in [1.54, 1.807) is 0 Å². The van der Waals surface area contributed by atoms with Crippen molar-refractivity contribution in [2.75, 3.05) is 10.2 Å². The molecule has 2 aliphatic heterocycles. The smallest absolute Gasteiger partial charge is 0.147 e. The van der Waals surface area contributed by atoms with Gasteiger partial charge < -0.3 is 14.8 Å². The summed E-state index contributed by atoms with van der Waals surface area (Å²) in [5, 5.41) is 8.80. The fourth-order valence-electron chi connectivity index (χ4n) is 8.83. The number of benzene rings is 7. The highest BCUT2D eigenvalue weighted by atomic mass is 15.3. The van der Waals surface area contributed by atoms with Crippen molar-refractivity contribution in [3.63, 3.8) is 0 Å². The Morgan fingerprint density at radius 2 is 1.33 bits per heavy atom. The Morgan fingerprint density at radius 1 is 0.577 bits per heavy atom. The first-order chi connectivity index (χ1) is 25.8. The van der Waals surface area contributed by atoms with Crippen LogP contribution in [-0.2, 0) is 0 Å². The highest BCUT2D eigenvalue weighted by Crippen LogP contribution is 2.49. The zero-order chi connectivity index (χ0) is 34.2. The minimum atomic E-state index is -0.209. The first-order valence-electron chi connectivity index (χ1n) is 18.1. The van der Waals surface area contributed by atoms with Crippen molar-refractivity contribution < 1.29 is 0 Å². The molecule has 3 atom stereocenters. The molecule has 0 fully saturated rings. The van der Waals surface area contributed by atoms with Gasteiger partial charge in [0.1, 0.15) is 12.0 Å². The number of aliphatic imine (C=N–C) groups is 1. The number of amidine groups is 1. The topological polar surface area (TPSA) is 32.6 Å². The summed E-state index contributed by atoms with van der Waals surface area (Å²) in [5.41, 5.74) is 12.0. The Bertz CT molecular complexity index is 2790. The van der Waals surface area contributed by atoms with Gasteiger partial charge >= 0.3 is 0 Å². The molecule has 4 heteroatoms. The quantitative estimate of drug-likeness (QED) is 0.204.